The lowest BCUT2D eigenvalue weighted by Crippen LogP contribution is -2.17. The molecule has 1 aliphatic rings. The molecule has 1 aromatic heterocycles. The largest absolute Gasteiger partial charge is 0.358 e. The number of nitrogens with zero attached hydrogens (tertiary/aromatic N) is 3. The first-order chi connectivity index (χ1) is 11.7. The Bertz CT molecular complexity index is 883. The van der Waals surface area contributed by atoms with E-state index in [0.717, 1.165) is 41.4 Å². The summed E-state index contributed by atoms with van der Waals surface area (Å²) in [6, 6.07) is 12.8. The van der Waals surface area contributed by atoms with Gasteiger partial charge < -0.3 is 9.30 Å². The van der Waals surface area contributed by atoms with Crippen LogP contribution in [0.3, 0.4) is 0 Å². The number of benzene rings is 2. The molecular weight excluding hydrogens is 306 g/mol. The normalized spacial score (nSPS) is 17.9. The van der Waals surface area contributed by atoms with Crippen LogP contribution in [-0.2, 0) is 4.74 Å². The fourth-order valence-corrected chi connectivity index (χ4v) is 3.23. The lowest BCUT2D eigenvalue weighted by molar-refractivity contribution is -0.384. The lowest BCUT2D eigenvalue weighted by atomic mass is 10.0. The highest BCUT2D eigenvalue weighted by molar-refractivity contribution is 5.94. The Morgan fingerprint density at radius 2 is 2.04 bits per heavy atom. The summed E-state index contributed by atoms with van der Waals surface area (Å²) in [6.45, 7) is 0.713. The van der Waals surface area contributed by atoms with Crippen LogP contribution in [0.5, 0.6) is 0 Å². The molecule has 0 amide bonds. The predicted molar refractivity (Wildman–Crippen MR) is 90.7 cm³/mol. The van der Waals surface area contributed by atoms with Gasteiger partial charge in [-0.25, -0.2) is 4.98 Å². The van der Waals surface area contributed by atoms with Crippen LogP contribution >= 0.6 is 0 Å². The van der Waals surface area contributed by atoms with Crippen molar-refractivity contribution < 1.29 is 9.66 Å². The quantitative estimate of drug-likeness (QED) is 0.532. The van der Waals surface area contributed by atoms with Gasteiger partial charge in [0.05, 0.1) is 22.3 Å². The standard InChI is InChI=1S/C18H17N3O3/c22-21(23)14-10-15(13-6-2-1-3-7-13)18-16(11-14)20(12-19-18)17-8-4-5-9-24-17/h1-3,6-7,10-12,17H,4-5,8-9H2. The van der Waals surface area contributed by atoms with Gasteiger partial charge in [-0.1, -0.05) is 30.3 Å². The molecule has 122 valence electrons. The third-order valence-electron chi connectivity index (χ3n) is 4.43. The van der Waals surface area contributed by atoms with Crippen LogP contribution in [0.25, 0.3) is 22.2 Å². The fourth-order valence-electron chi connectivity index (χ4n) is 3.23. The zero-order valence-corrected chi connectivity index (χ0v) is 13.1. The summed E-state index contributed by atoms with van der Waals surface area (Å²) in [5, 5.41) is 11.4. The molecular formula is C18H17N3O3. The van der Waals surface area contributed by atoms with Gasteiger partial charge in [0.1, 0.15) is 6.23 Å². The molecule has 24 heavy (non-hydrogen) atoms. The van der Waals surface area contributed by atoms with Gasteiger partial charge in [-0.15, -0.1) is 0 Å². The maximum atomic E-state index is 11.4. The second kappa shape index (κ2) is 6.05. The molecule has 4 rings (SSSR count). The van der Waals surface area contributed by atoms with Crippen LogP contribution in [0.15, 0.2) is 48.8 Å². The van der Waals surface area contributed by atoms with Crippen molar-refractivity contribution in [2.75, 3.05) is 6.61 Å². The Morgan fingerprint density at radius 3 is 2.75 bits per heavy atom. The highest BCUT2D eigenvalue weighted by Gasteiger charge is 2.22. The zero-order chi connectivity index (χ0) is 16.5. The van der Waals surface area contributed by atoms with Crippen LogP contribution in [0.4, 0.5) is 5.69 Å². The summed E-state index contributed by atoms with van der Waals surface area (Å²) in [5.41, 5.74) is 3.27. The number of nitro benzene ring substituents is 1. The topological polar surface area (TPSA) is 70.2 Å². The fraction of sp³-hybridized carbons (Fsp3) is 0.278. The van der Waals surface area contributed by atoms with Crippen LogP contribution in [-0.4, -0.2) is 21.1 Å². The van der Waals surface area contributed by atoms with Crippen LogP contribution in [0.1, 0.15) is 25.5 Å². The van der Waals surface area contributed by atoms with E-state index in [9.17, 15) is 10.1 Å². The summed E-state index contributed by atoms with van der Waals surface area (Å²) >= 11 is 0. The number of ether oxygens (including phenoxy) is 1. The molecule has 1 saturated heterocycles. The van der Waals surface area contributed by atoms with E-state index < -0.39 is 0 Å². The average Bonchev–Trinajstić information content (AvgIpc) is 3.06. The summed E-state index contributed by atoms with van der Waals surface area (Å²) in [4.78, 5) is 15.6. The molecule has 0 saturated carbocycles. The van der Waals surface area contributed by atoms with Gasteiger partial charge in [0, 0.05) is 24.3 Å². The van der Waals surface area contributed by atoms with Crippen molar-refractivity contribution in [3.05, 3.63) is 58.9 Å². The molecule has 3 aromatic rings. The van der Waals surface area contributed by atoms with E-state index in [1.165, 1.54) is 0 Å². The molecule has 1 atom stereocenters. The zero-order valence-electron chi connectivity index (χ0n) is 13.1. The van der Waals surface area contributed by atoms with Crippen LogP contribution < -0.4 is 0 Å². The van der Waals surface area contributed by atoms with E-state index in [1.54, 1.807) is 18.5 Å². The number of nitro groups is 1. The van der Waals surface area contributed by atoms with Crippen molar-refractivity contribution in [2.24, 2.45) is 0 Å². The SMILES string of the molecule is O=[N+]([O-])c1cc(-c2ccccc2)c2ncn(C3CCCCO3)c2c1. The van der Waals surface area contributed by atoms with Crippen molar-refractivity contribution in [3.63, 3.8) is 0 Å². The third-order valence-corrected chi connectivity index (χ3v) is 4.43. The first-order valence-electron chi connectivity index (χ1n) is 8.06. The minimum absolute atomic E-state index is 0.0684. The maximum absolute atomic E-state index is 11.4. The number of non-ortho nitro benzene ring substituents is 1. The number of hydrogen-bond donors (Lipinski definition) is 0. The van der Waals surface area contributed by atoms with E-state index in [0.29, 0.717) is 6.61 Å². The van der Waals surface area contributed by atoms with Gasteiger partial charge in [0.15, 0.2) is 0 Å². The molecule has 0 aliphatic carbocycles. The molecule has 6 heteroatoms. The Kier molecular flexibility index (Phi) is 3.74. The second-order valence-corrected chi connectivity index (χ2v) is 5.96. The van der Waals surface area contributed by atoms with Gasteiger partial charge in [0.2, 0.25) is 0 Å². The van der Waals surface area contributed by atoms with Crippen molar-refractivity contribution in [2.45, 2.75) is 25.5 Å². The summed E-state index contributed by atoms with van der Waals surface area (Å²) < 4.78 is 7.75. The minimum atomic E-state index is -0.356. The van der Waals surface area contributed by atoms with Gasteiger partial charge in [-0.3, -0.25) is 10.1 Å². The number of rotatable bonds is 3. The molecule has 0 spiro atoms. The molecule has 0 N–H and O–H groups in total. The van der Waals surface area contributed by atoms with E-state index in [2.05, 4.69) is 4.98 Å². The minimum Gasteiger partial charge on any atom is -0.358 e. The summed E-state index contributed by atoms with van der Waals surface area (Å²) in [5.74, 6) is 0. The Labute approximate surface area is 138 Å². The maximum Gasteiger partial charge on any atom is 0.272 e. The molecule has 1 fully saturated rings. The number of hydrogen-bond acceptors (Lipinski definition) is 4. The van der Waals surface area contributed by atoms with Crippen molar-refractivity contribution in [1.29, 1.82) is 0 Å². The Hall–Kier alpha value is -2.73. The van der Waals surface area contributed by atoms with Crippen LogP contribution in [0.2, 0.25) is 0 Å². The first-order valence-corrected chi connectivity index (χ1v) is 8.06. The summed E-state index contributed by atoms with van der Waals surface area (Å²) in [6.07, 6.45) is 4.67. The molecule has 0 radical (unpaired) electrons. The highest BCUT2D eigenvalue weighted by atomic mass is 16.6. The van der Waals surface area contributed by atoms with Gasteiger partial charge in [-0.05, 0) is 24.8 Å². The Morgan fingerprint density at radius 1 is 1.21 bits per heavy atom. The molecule has 2 heterocycles. The predicted octanol–water partition coefficient (Wildman–Crippen LogP) is 4.31. The highest BCUT2D eigenvalue weighted by Crippen LogP contribution is 2.35. The lowest BCUT2D eigenvalue weighted by Gasteiger charge is -2.24. The van der Waals surface area contributed by atoms with Gasteiger partial charge >= 0.3 is 0 Å². The number of imidazole rings is 1. The van der Waals surface area contributed by atoms with Crippen molar-refractivity contribution in [3.8, 4) is 11.1 Å². The third kappa shape index (κ3) is 2.55. The van der Waals surface area contributed by atoms with E-state index in [-0.39, 0.29) is 16.8 Å². The van der Waals surface area contributed by atoms with Crippen LogP contribution in [0, 0.1) is 10.1 Å². The van der Waals surface area contributed by atoms with Crippen molar-refractivity contribution >= 4 is 16.7 Å². The van der Waals surface area contributed by atoms with Gasteiger partial charge in [0.25, 0.3) is 5.69 Å². The Balaban J connectivity index is 1.92. The van der Waals surface area contributed by atoms with E-state index >= 15 is 0 Å². The molecule has 1 aliphatic heterocycles. The smallest absolute Gasteiger partial charge is 0.272 e. The molecule has 0 bridgehead atoms. The van der Waals surface area contributed by atoms with Crippen molar-refractivity contribution in [1.82, 2.24) is 9.55 Å². The first kappa shape index (κ1) is 14.8. The van der Waals surface area contributed by atoms with E-state index in [4.69, 9.17) is 4.74 Å². The number of aromatic nitrogens is 2. The molecule has 2 aromatic carbocycles. The monoisotopic (exact) mass is 323 g/mol. The van der Waals surface area contributed by atoms with E-state index in [1.807, 2.05) is 34.9 Å². The van der Waals surface area contributed by atoms with Gasteiger partial charge in [-0.2, -0.15) is 0 Å². The number of fused-ring (bicyclic) bond motifs is 1. The average molecular weight is 323 g/mol. The molecule has 6 nitrogen and oxygen atoms in total. The second-order valence-electron chi connectivity index (χ2n) is 5.96. The molecule has 1 unspecified atom stereocenters. The summed E-state index contributed by atoms with van der Waals surface area (Å²) in [7, 11) is 0.